The summed E-state index contributed by atoms with van der Waals surface area (Å²) in [5, 5.41) is 3.08. The van der Waals surface area contributed by atoms with Crippen molar-refractivity contribution in [2.75, 3.05) is 31.1 Å². The second-order valence-electron chi connectivity index (χ2n) is 4.75. The third kappa shape index (κ3) is 2.65. The van der Waals surface area contributed by atoms with Crippen molar-refractivity contribution in [3.8, 4) is 11.3 Å². The van der Waals surface area contributed by atoms with E-state index in [4.69, 9.17) is 0 Å². The molecule has 1 aliphatic rings. The highest BCUT2D eigenvalue weighted by Gasteiger charge is 2.20. The van der Waals surface area contributed by atoms with Crippen molar-refractivity contribution >= 4 is 22.4 Å². The number of anilines is 1. The van der Waals surface area contributed by atoms with E-state index < -0.39 is 0 Å². The van der Waals surface area contributed by atoms with Crippen LogP contribution in [0.5, 0.6) is 0 Å². The molecule has 0 aliphatic carbocycles. The lowest BCUT2D eigenvalue weighted by atomic mass is 10.2. The SMILES string of the molecule is CC(=O)N1CCN(c2nc(-c3cccnc3)cs2)CC1. The predicted octanol–water partition coefficient (Wildman–Crippen LogP) is 1.87. The van der Waals surface area contributed by atoms with Crippen LogP contribution in [0.1, 0.15) is 6.92 Å². The van der Waals surface area contributed by atoms with E-state index in [9.17, 15) is 4.79 Å². The number of thiazole rings is 1. The minimum atomic E-state index is 0.153. The van der Waals surface area contributed by atoms with Gasteiger partial charge in [0.1, 0.15) is 0 Å². The average molecular weight is 288 g/mol. The van der Waals surface area contributed by atoms with Crippen molar-refractivity contribution in [2.45, 2.75) is 6.92 Å². The van der Waals surface area contributed by atoms with Gasteiger partial charge in [0, 0.05) is 56.4 Å². The van der Waals surface area contributed by atoms with E-state index in [1.165, 1.54) is 0 Å². The first-order valence-corrected chi connectivity index (χ1v) is 7.48. The fraction of sp³-hybridized carbons (Fsp3) is 0.357. The van der Waals surface area contributed by atoms with Crippen molar-refractivity contribution in [1.82, 2.24) is 14.9 Å². The van der Waals surface area contributed by atoms with Gasteiger partial charge in [-0.1, -0.05) is 0 Å². The maximum absolute atomic E-state index is 11.3. The van der Waals surface area contributed by atoms with Crippen molar-refractivity contribution in [1.29, 1.82) is 0 Å². The summed E-state index contributed by atoms with van der Waals surface area (Å²) in [4.78, 5) is 24.2. The number of hydrogen-bond donors (Lipinski definition) is 0. The van der Waals surface area contributed by atoms with Crippen LogP contribution in [0.3, 0.4) is 0 Å². The number of nitrogens with zero attached hydrogens (tertiary/aromatic N) is 4. The second-order valence-corrected chi connectivity index (χ2v) is 5.59. The molecule has 0 radical (unpaired) electrons. The van der Waals surface area contributed by atoms with Crippen LogP contribution in [0.25, 0.3) is 11.3 Å². The minimum absolute atomic E-state index is 0.153. The summed E-state index contributed by atoms with van der Waals surface area (Å²) in [5.41, 5.74) is 2.00. The molecular weight excluding hydrogens is 272 g/mol. The molecule has 0 bridgehead atoms. The van der Waals surface area contributed by atoms with Gasteiger partial charge < -0.3 is 9.80 Å². The quantitative estimate of drug-likeness (QED) is 0.846. The molecule has 2 aromatic rings. The largest absolute Gasteiger partial charge is 0.345 e. The minimum Gasteiger partial charge on any atom is -0.345 e. The molecule has 3 heterocycles. The molecule has 0 unspecified atom stereocenters. The molecule has 0 spiro atoms. The van der Waals surface area contributed by atoms with Crippen LogP contribution >= 0.6 is 11.3 Å². The second kappa shape index (κ2) is 5.58. The van der Waals surface area contributed by atoms with E-state index in [0.29, 0.717) is 0 Å². The van der Waals surface area contributed by atoms with Crippen LogP contribution in [-0.2, 0) is 4.79 Å². The molecule has 5 nitrogen and oxygen atoms in total. The highest BCUT2D eigenvalue weighted by atomic mass is 32.1. The van der Waals surface area contributed by atoms with Crippen molar-refractivity contribution in [2.24, 2.45) is 0 Å². The molecule has 3 rings (SSSR count). The summed E-state index contributed by atoms with van der Waals surface area (Å²) in [6.07, 6.45) is 3.59. The standard InChI is InChI=1S/C14H16N4OS/c1-11(19)17-5-7-18(8-6-17)14-16-13(10-20-14)12-3-2-4-15-9-12/h2-4,9-10H,5-8H2,1H3. The Kier molecular flexibility index (Phi) is 3.64. The molecule has 0 atom stereocenters. The molecule has 1 amide bonds. The van der Waals surface area contributed by atoms with Crippen LogP contribution < -0.4 is 4.90 Å². The lowest BCUT2D eigenvalue weighted by Gasteiger charge is -2.33. The predicted molar refractivity (Wildman–Crippen MR) is 79.8 cm³/mol. The Balaban J connectivity index is 1.71. The molecule has 0 aromatic carbocycles. The molecule has 6 heteroatoms. The smallest absolute Gasteiger partial charge is 0.219 e. The van der Waals surface area contributed by atoms with E-state index in [1.54, 1.807) is 24.5 Å². The topological polar surface area (TPSA) is 49.3 Å². The Morgan fingerprint density at radius 2 is 2.10 bits per heavy atom. The number of hydrogen-bond acceptors (Lipinski definition) is 5. The summed E-state index contributed by atoms with van der Waals surface area (Å²) < 4.78 is 0. The van der Waals surface area contributed by atoms with Gasteiger partial charge >= 0.3 is 0 Å². The van der Waals surface area contributed by atoms with Crippen LogP contribution in [0.2, 0.25) is 0 Å². The Bertz CT molecular complexity index is 590. The summed E-state index contributed by atoms with van der Waals surface area (Å²) in [5.74, 6) is 0.153. The molecule has 1 aliphatic heterocycles. The third-order valence-corrected chi connectivity index (χ3v) is 4.35. The molecule has 20 heavy (non-hydrogen) atoms. The first kappa shape index (κ1) is 13.1. The number of carbonyl (C=O) groups is 1. The summed E-state index contributed by atoms with van der Waals surface area (Å²) in [6.45, 7) is 4.87. The fourth-order valence-corrected chi connectivity index (χ4v) is 3.16. The van der Waals surface area contributed by atoms with Crippen LogP contribution in [0.15, 0.2) is 29.9 Å². The van der Waals surface area contributed by atoms with Crippen molar-refractivity contribution in [3.63, 3.8) is 0 Å². The first-order valence-electron chi connectivity index (χ1n) is 6.60. The van der Waals surface area contributed by atoms with Crippen molar-refractivity contribution < 1.29 is 4.79 Å². The number of carbonyl (C=O) groups excluding carboxylic acids is 1. The van der Waals surface area contributed by atoms with Gasteiger partial charge in [-0.15, -0.1) is 11.3 Å². The van der Waals surface area contributed by atoms with Gasteiger partial charge in [0.25, 0.3) is 0 Å². The first-order chi connectivity index (χ1) is 9.74. The lowest BCUT2D eigenvalue weighted by Crippen LogP contribution is -2.48. The van der Waals surface area contributed by atoms with Crippen LogP contribution in [0.4, 0.5) is 5.13 Å². The Labute approximate surface area is 121 Å². The van der Waals surface area contributed by atoms with Gasteiger partial charge in [-0.3, -0.25) is 9.78 Å². The van der Waals surface area contributed by atoms with E-state index >= 15 is 0 Å². The van der Waals surface area contributed by atoms with Crippen LogP contribution in [-0.4, -0.2) is 47.0 Å². The zero-order chi connectivity index (χ0) is 13.9. The molecule has 1 fully saturated rings. The molecule has 0 saturated carbocycles. The van der Waals surface area contributed by atoms with E-state index in [1.807, 2.05) is 23.2 Å². The van der Waals surface area contributed by atoms with Gasteiger partial charge in [0.05, 0.1) is 5.69 Å². The number of pyridine rings is 1. The lowest BCUT2D eigenvalue weighted by molar-refractivity contribution is -0.129. The maximum atomic E-state index is 11.3. The zero-order valence-electron chi connectivity index (χ0n) is 11.3. The van der Waals surface area contributed by atoms with Gasteiger partial charge in [-0.2, -0.15) is 0 Å². The molecule has 0 N–H and O–H groups in total. The van der Waals surface area contributed by atoms with Crippen LogP contribution in [0, 0.1) is 0 Å². The Morgan fingerprint density at radius 3 is 2.75 bits per heavy atom. The van der Waals surface area contributed by atoms with Gasteiger partial charge in [0.2, 0.25) is 5.91 Å². The molecule has 1 saturated heterocycles. The van der Waals surface area contributed by atoms with Gasteiger partial charge in [-0.05, 0) is 12.1 Å². The highest BCUT2D eigenvalue weighted by molar-refractivity contribution is 7.14. The monoisotopic (exact) mass is 288 g/mol. The number of amides is 1. The molecule has 2 aromatic heterocycles. The van der Waals surface area contributed by atoms with Crippen molar-refractivity contribution in [3.05, 3.63) is 29.9 Å². The van der Waals surface area contributed by atoms with Gasteiger partial charge in [0.15, 0.2) is 5.13 Å². The number of aromatic nitrogens is 2. The summed E-state index contributed by atoms with van der Waals surface area (Å²) in [6, 6.07) is 3.93. The summed E-state index contributed by atoms with van der Waals surface area (Å²) >= 11 is 1.64. The zero-order valence-corrected chi connectivity index (χ0v) is 12.1. The number of rotatable bonds is 2. The normalized spacial score (nSPS) is 15.4. The fourth-order valence-electron chi connectivity index (χ4n) is 2.27. The van der Waals surface area contributed by atoms with E-state index in [0.717, 1.165) is 42.6 Å². The summed E-state index contributed by atoms with van der Waals surface area (Å²) in [7, 11) is 0. The third-order valence-electron chi connectivity index (χ3n) is 3.44. The average Bonchev–Trinajstić information content (AvgIpc) is 2.98. The number of piperazine rings is 1. The maximum Gasteiger partial charge on any atom is 0.219 e. The molecular formula is C14H16N4OS. The Morgan fingerprint density at radius 1 is 1.30 bits per heavy atom. The van der Waals surface area contributed by atoms with Gasteiger partial charge in [-0.25, -0.2) is 4.98 Å². The van der Waals surface area contributed by atoms with E-state index in [2.05, 4.69) is 20.2 Å². The highest BCUT2D eigenvalue weighted by Crippen LogP contribution is 2.27. The van der Waals surface area contributed by atoms with E-state index in [-0.39, 0.29) is 5.91 Å². The Hall–Kier alpha value is -1.95. The molecule has 104 valence electrons.